The van der Waals surface area contributed by atoms with Crippen LogP contribution in [-0.4, -0.2) is 21.2 Å². The molecule has 1 N–H and O–H groups in total. The Kier molecular flexibility index (Phi) is 3.60. The summed E-state index contributed by atoms with van der Waals surface area (Å²) < 4.78 is 0. The Labute approximate surface area is 103 Å². The van der Waals surface area contributed by atoms with Crippen molar-refractivity contribution in [1.29, 1.82) is 0 Å². The third-order valence-corrected chi connectivity index (χ3v) is 3.60. The van der Waals surface area contributed by atoms with E-state index >= 15 is 0 Å². The number of aryl methyl sites for hydroxylation is 2. The maximum atomic E-state index is 4.43. The van der Waals surface area contributed by atoms with Crippen LogP contribution in [0.15, 0.2) is 0 Å². The summed E-state index contributed by atoms with van der Waals surface area (Å²) in [7, 11) is 0. The molecule has 0 spiro atoms. The lowest BCUT2D eigenvalue weighted by Crippen LogP contribution is -2.31. The normalized spacial score (nSPS) is 29.1. The zero-order chi connectivity index (χ0) is 12.4. The molecular weight excluding hydrogens is 212 g/mol. The van der Waals surface area contributed by atoms with Gasteiger partial charge in [0, 0.05) is 6.04 Å². The van der Waals surface area contributed by atoms with Crippen LogP contribution >= 0.6 is 0 Å². The van der Waals surface area contributed by atoms with Crippen LogP contribution in [0.25, 0.3) is 0 Å². The van der Waals surface area contributed by atoms with Gasteiger partial charge in [-0.25, -0.2) is 4.98 Å². The Morgan fingerprint density at radius 2 is 1.59 bits per heavy atom. The number of anilines is 1. The van der Waals surface area contributed by atoms with Crippen molar-refractivity contribution in [1.82, 2.24) is 15.2 Å². The lowest BCUT2D eigenvalue weighted by Gasteiger charge is -2.31. The molecule has 0 bridgehead atoms. The number of aromatic nitrogens is 3. The Hall–Kier alpha value is -1.19. The average molecular weight is 234 g/mol. The van der Waals surface area contributed by atoms with Gasteiger partial charge < -0.3 is 5.32 Å². The molecule has 17 heavy (non-hydrogen) atoms. The van der Waals surface area contributed by atoms with E-state index in [2.05, 4.69) is 34.3 Å². The SMILES string of the molecule is Cc1nnc(NC2CC(C)CC(C)C2)nc1C. The summed E-state index contributed by atoms with van der Waals surface area (Å²) in [6.07, 6.45) is 3.76. The van der Waals surface area contributed by atoms with Gasteiger partial charge >= 0.3 is 0 Å². The Balaban J connectivity index is 2.02. The van der Waals surface area contributed by atoms with E-state index < -0.39 is 0 Å². The second-order valence-corrected chi connectivity index (χ2v) is 5.56. The molecule has 1 aliphatic rings. The molecule has 2 rings (SSSR count). The summed E-state index contributed by atoms with van der Waals surface area (Å²) in [6.45, 7) is 8.55. The molecule has 0 aliphatic heterocycles. The molecule has 1 aliphatic carbocycles. The van der Waals surface area contributed by atoms with E-state index in [1.54, 1.807) is 0 Å². The highest BCUT2D eigenvalue weighted by Gasteiger charge is 2.24. The third kappa shape index (κ3) is 3.14. The lowest BCUT2D eigenvalue weighted by molar-refractivity contribution is 0.280. The average Bonchev–Trinajstić information content (AvgIpc) is 2.22. The second kappa shape index (κ2) is 4.98. The van der Waals surface area contributed by atoms with Crippen molar-refractivity contribution in [2.24, 2.45) is 11.8 Å². The third-order valence-electron chi connectivity index (χ3n) is 3.60. The molecule has 4 heteroatoms. The summed E-state index contributed by atoms with van der Waals surface area (Å²) >= 11 is 0. The van der Waals surface area contributed by atoms with Crippen LogP contribution in [0, 0.1) is 25.7 Å². The molecule has 0 saturated heterocycles. The number of hydrogen-bond acceptors (Lipinski definition) is 4. The Bertz CT molecular complexity index is 381. The van der Waals surface area contributed by atoms with Gasteiger partial charge in [-0.3, -0.25) is 0 Å². The summed E-state index contributed by atoms with van der Waals surface area (Å²) in [5, 5.41) is 11.6. The summed E-state index contributed by atoms with van der Waals surface area (Å²) in [6, 6.07) is 0.498. The van der Waals surface area contributed by atoms with E-state index in [0.717, 1.165) is 23.2 Å². The minimum absolute atomic E-state index is 0.498. The summed E-state index contributed by atoms with van der Waals surface area (Å²) in [5.41, 5.74) is 1.86. The highest BCUT2D eigenvalue weighted by molar-refractivity contribution is 5.26. The first-order valence-electron chi connectivity index (χ1n) is 6.49. The molecule has 0 amide bonds. The van der Waals surface area contributed by atoms with E-state index in [0.29, 0.717) is 12.0 Å². The van der Waals surface area contributed by atoms with Crippen LogP contribution in [0.5, 0.6) is 0 Å². The van der Waals surface area contributed by atoms with Crippen LogP contribution in [-0.2, 0) is 0 Å². The van der Waals surface area contributed by atoms with E-state index in [-0.39, 0.29) is 0 Å². The Morgan fingerprint density at radius 1 is 0.941 bits per heavy atom. The summed E-state index contributed by atoms with van der Waals surface area (Å²) in [4.78, 5) is 4.43. The maximum absolute atomic E-state index is 4.43. The zero-order valence-corrected chi connectivity index (χ0v) is 11.2. The fourth-order valence-corrected chi connectivity index (χ4v) is 2.77. The molecule has 1 heterocycles. The van der Waals surface area contributed by atoms with Gasteiger partial charge in [0.15, 0.2) is 0 Å². The standard InChI is InChI=1S/C13H22N4/c1-8-5-9(2)7-12(6-8)15-13-14-10(3)11(4)16-17-13/h8-9,12H,5-7H2,1-4H3,(H,14,15,17). The number of hydrogen-bond donors (Lipinski definition) is 1. The van der Waals surface area contributed by atoms with Gasteiger partial charge in [0.25, 0.3) is 0 Å². The summed E-state index contributed by atoms with van der Waals surface area (Å²) in [5.74, 6) is 2.26. The van der Waals surface area contributed by atoms with E-state index in [1.807, 2.05) is 13.8 Å². The van der Waals surface area contributed by atoms with Crippen molar-refractivity contribution in [3.63, 3.8) is 0 Å². The molecule has 1 aromatic heterocycles. The van der Waals surface area contributed by atoms with Crippen LogP contribution < -0.4 is 5.32 Å². The number of nitrogens with zero attached hydrogens (tertiary/aromatic N) is 3. The monoisotopic (exact) mass is 234 g/mol. The first-order valence-corrected chi connectivity index (χ1v) is 6.49. The second-order valence-electron chi connectivity index (χ2n) is 5.56. The molecule has 0 radical (unpaired) electrons. The number of rotatable bonds is 2. The topological polar surface area (TPSA) is 50.7 Å². The molecule has 2 atom stereocenters. The highest BCUT2D eigenvalue weighted by atomic mass is 15.2. The molecule has 2 unspecified atom stereocenters. The predicted molar refractivity (Wildman–Crippen MR) is 68.9 cm³/mol. The van der Waals surface area contributed by atoms with Crippen molar-refractivity contribution in [3.05, 3.63) is 11.4 Å². The van der Waals surface area contributed by atoms with Gasteiger partial charge in [-0.15, -0.1) is 5.10 Å². The zero-order valence-electron chi connectivity index (χ0n) is 11.2. The fraction of sp³-hybridized carbons (Fsp3) is 0.769. The van der Waals surface area contributed by atoms with E-state index in [1.165, 1.54) is 19.3 Å². The van der Waals surface area contributed by atoms with Gasteiger partial charge in [0.1, 0.15) is 0 Å². The van der Waals surface area contributed by atoms with Crippen LogP contribution in [0.4, 0.5) is 5.95 Å². The van der Waals surface area contributed by atoms with Gasteiger partial charge in [-0.2, -0.15) is 5.10 Å². The van der Waals surface area contributed by atoms with Gasteiger partial charge in [-0.1, -0.05) is 13.8 Å². The van der Waals surface area contributed by atoms with Gasteiger partial charge in [0.2, 0.25) is 5.95 Å². The fourth-order valence-electron chi connectivity index (χ4n) is 2.77. The molecule has 1 aromatic rings. The molecule has 4 nitrogen and oxygen atoms in total. The van der Waals surface area contributed by atoms with Crippen molar-refractivity contribution in [3.8, 4) is 0 Å². The van der Waals surface area contributed by atoms with Crippen molar-refractivity contribution in [2.45, 2.75) is 53.0 Å². The van der Waals surface area contributed by atoms with Crippen molar-refractivity contribution < 1.29 is 0 Å². The van der Waals surface area contributed by atoms with E-state index in [9.17, 15) is 0 Å². The molecular formula is C13H22N4. The molecule has 94 valence electrons. The van der Waals surface area contributed by atoms with Gasteiger partial charge in [0.05, 0.1) is 11.4 Å². The maximum Gasteiger partial charge on any atom is 0.243 e. The van der Waals surface area contributed by atoms with Crippen LogP contribution in [0.1, 0.15) is 44.5 Å². The predicted octanol–water partition coefficient (Wildman–Crippen LogP) is 2.73. The quantitative estimate of drug-likeness (QED) is 0.854. The van der Waals surface area contributed by atoms with Crippen molar-refractivity contribution >= 4 is 5.95 Å². The molecule has 1 fully saturated rings. The molecule has 1 saturated carbocycles. The van der Waals surface area contributed by atoms with E-state index in [4.69, 9.17) is 0 Å². The Morgan fingerprint density at radius 3 is 2.18 bits per heavy atom. The van der Waals surface area contributed by atoms with Gasteiger partial charge in [-0.05, 0) is 44.9 Å². The van der Waals surface area contributed by atoms with Crippen LogP contribution in [0.2, 0.25) is 0 Å². The largest absolute Gasteiger partial charge is 0.350 e. The minimum atomic E-state index is 0.498. The molecule has 0 aromatic carbocycles. The first kappa shape index (κ1) is 12.3. The minimum Gasteiger partial charge on any atom is -0.350 e. The van der Waals surface area contributed by atoms with Crippen LogP contribution in [0.3, 0.4) is 0 Å². The number of nitrogens with one attached hydrogen (secondary N) is 1. The van der Waals surface area contributed by atoms with Crippen molar-refractivity contribution in [2.75, 3.05) is 5.32 Å². The lowest BCUT2D eigenvalue weighted by atomic mass is 9.80. The highest BCUT2D eigenvalue weighted by Crippen LogP contribution is 2.29. The smallest absolute Gasteiger partial charge is 0.243 e. The first-order chi connectivity index (χ1) is 8.04.